The molecule has 5 heteroatoms. The summed E-state index contributed by atoms with van der Waals surface area (Å²) in [6.07, 6.45) is 0. The van der Waals surface area contributed by atoms with Crippen LogP contribution in [0.15, 0.2) is 10.9 Å². The summed E-state index contributed by atoms with van der Waals surface area (Å²) in [7, 11) is 1.97. The van der Waals surface area contributed by atoms with E-state index >= 15 is 0 Å². The summed E-state index contributed by atoms with van der Waals surface area (Å²) in [5, 5.41) is 2.02. The Morgan fingerprint density at radius 2 is 2.58 bits per heavy atom. The molecular formula is C7H11N3S2. The van der Waals surface area contributed by atoms with Crippen LogP contribution >= 0.6 is 23.6 Å². The van der Waals surface area contributed by atoms with Crippen LogP contribution in [0.4, 0.5) is 0 Å². The van der Waals surface area contributed by atoms with E-state index in [1.807, 2.05) is 22.8 Å². The van der Waals surface area contributed by atoms with Gasteiger partial charge in [0, 0.05) is 18.5 Å². The number of likely N-dealkylation sites (N-methyl/N-ethyl adjacent to an activating group) is 1. The normalized spacial score (nSPS) is 10.5. The molecule has 1 aromatic heterocycles. The van der Waals surface area contributed by atoms with Crippen molar-refractivity contribution in [1.29, 1.82) is 0 Å². The highest BCUT2D eigenvalue weighted by atomic mass is 32.1. The fourth-order valence-corrected chi connectivity index (χ4v) is 1.68. The predicted octanol–water partition coefficient (Wildman–Crippen LogP) is 0.861. The second-order valence-electron chi connectivity index (χ2n) is 2.62. The van der Waals surface area contributed by atoms with E-state index in [9.17, 15) is 0 Å². The number of thiazole rings is 1. The SMILES string of the molecule is CN(CC(N)=S)Cc1cscn1. The molecule has 0 aliphatic heterocycles. The maximum atomic E-state index is 5.39. The smallest absolute Gasteiger partial charge is 0.0870 e. The molecule has 1 heterocycles. The molecule has 3 nitrogen and oxygen atoms in total. The molecule has 2 N–H and O–H groups in total. The third-order valence-electron chi connectivity index (χ3n) is 1.34. The van der Waals surface area contributed by atoms with Crippen molar-refractivity contribution in [2.24, 2.45) is 5.73 Å². The lowest BCUT2D eigenvalue weighted by molar-refractivity contribution is 0.370. The van der Waals surface area contributed by atoms with Crippen LogP contribution < -0.4 is 5.73 Å². The van der Waals surface area contributed by atoms with E-state index in [2.05, 4.69) is 4.98 Å². The third-order valence-corrected chi connectivity index (χ3v) is 2.11. The molecule has 0 aromatic carbocycles. The number of thiocarbonyl (C=S) groups is 1. The van der Waals surface area contributed by atoms with Gasteiger partial charge < -0.3 is 5.73 Å². The van der Waals surface area contributed by atoms with Crippen molar-refractivity contribution >= 4 is 28.5 Å². The molecule has 0 spiro atoms. The number of nitrogens with two attached hydrogens (primary N) is 1. The summed E-state index contributed by atoms with van der Waals surface area (Å²) in [4.78, 5) is 6.72. The van der Waals surface area contributed by atoms with Gasteiger partial charge in [-0.2, -0.15) is 0 Å². The fraction of sp³-hybridized carbons (Fsp3) is 0.429. The van der Waals surface area contributed by atoms with E-state index in [0.717, 1.165) is 12.2 Å². The molecule has 0 atom stereocenters. The summed E-state index contributed by atoms with van der Waals surface area (Å²) in [6, 6.07) is 0. The first-order valence-corrected chi connectivity index (χ1v) is 4.87. The fourth-order valence-electron chi connectivity index (χ4n) is 0.914. The zero-order chi connectivity index (χ0) is 8.97. The first-order valence-electron chi connectivity index (χ1n) is 3.52. The lowest BCUT2D eigenvalue weighted by Crippen LogP contribution is -2.29. The molecule has 0 bridgehead atoms. The number of aromatic nitrogens is 1. The molecular weight excluding hydrogens is 190 g/mol. The summed E-state index contributed by atoms with van der Waals surface area (Å²) >= 11 is 6.38. The largest absolute Gasteiger partial charge is 0.392 e. The average Bonchev–Trinajstić information content (AvgIpc) is 2.37. The Hall–Kier alpha value is -0.520. The highest BCUT2D eigenvalue weighted by molar-refractivity contribution is 7.80. The molecule has 0 amide bonds. The minimum absolute atomic E-state index is 0.521. The number of nitrogens with zero attached hydrogens (tertiary/aromatic N) is 2. The molecule has 0 saturated heterocycles. The molecule has 0 radical (unpaired) electrons. The van der Waals surface area contributed by atoms with Crippen LogP contribution in [0, 0.1) is 0 Å². The van der Waals surface area contributed by atoms with E-state index in [0.29, 0.717) is 11.5 Å². The predicted molar refractivity (Wildman–Crippen MR) is 55.2 cm³/mol. The Morgan fingerprint density at radius 1 is 1.83 bits per heavy atom. The van der Waals surface area contributed by atoms with Gasteiger partial charge in [0.2, 0.25) is 0 Å². The van der Waals surface area contributed by atoms with E-state index < -0.39 is 0 Å². The van der Waals surface area contributed by atoms with Gasteiger partial charge >= 0.3 is 0 Å². The zero-order valence-corrected chi connectivity index (χ0v) is 8.49. The first kappa shape index (κ1) is 9.57. The Bertz CT molecular complexity index is 245. The van der Waals surface area contributed by atoms with Crippen LogP contribution in [-0.2, 0) is 6.54 Å². The Kier molecular flexibility index (Phi) is 3.58. The Morgan fingerprint density at radius 3 is 3.08 bits per heavy atom. The zero-order valence-electron chi connectivity index (χ0n) is 6.86. The summed E-state index contributed by atoms with van der Waals surface area (Å²) in [5.74, 6) is 0. The van der Waals surface area contributed by atoms with Gasteiger partial charge in [-0.25, -0.2) is 4.98 Å². The van der Waals surface area contributed by atoms with Gasteiger partial charge in [-0.1, -0.05) is 12.2 Å². The van der Waals surface area contributed by atoms with Gasteiger partial charge in [0.05, 0.1) is 16.2 Å². The molecule has 66 valence electrons. The van der Waals surface area contributed by atoms with Crippen LogP contribution in [-0.4, -0.2) is 28.5 Å². The van der Waals surface area contributed by atoms with Crippen molar-refractivity contribution in [2.75, 3.05) is 13.6 Å². The summed E-state index contributed by atoms with van der Waals surface area (Å²) < 4.78 is 0. The van der Waals surface area contributed by atoms with Crippen molar-refractivity contribution in [3.8, 4) is 0 Å². The Labute approximate surface area is 81.2 Å². The molecule has 1 aromatic rings. The molecule has 0 aliphatic carbocycles. The van der Waals surface area contributed by atoms with Crippen LogP contribution in [0.2, 0.25) is 0 Å². The van der Waals surface area contributed by atoms with Crippen LogP contribution in [0.1, 0.15) is 5.69 Å². The summed E-state index contributed by atoms with van der Waals surface area (Å²) in [6.45, 7) is 1.45. The summed E-state index contributed by atoms with van der Waals surface area (Å²) in [5.41, 5.74) is 8.29. The molecule has 0 saturated carbocycles. The van der Waals surface area contributed by atoms with Gasteiger partial charge in [-0.15, -0.1) is 11.3 Å². The lowest BCUT2D eigenvalue weighted by Gasteiger charge is -2.13. The maximum Gasteiger partial charge on any atom is 0.0870 e. The van der Waals surface area contributed by atoms with E-state index in [1.54, 1.807) is 11.3 Å². The minimum Gasteiger partial charge on any atom is -0.392 e. The van der Waals surface area contributed by atoms with Gasteiger partial charge in [0.1, 0.15) is 0 Å². The van der Waals surface area contributed by atoms with Gasteiger partial charge in [-0.3, -0.25) is 4.90 Å². The minimum atomic E-state index is 0.521. The van der Waals surface area contributed by atoms with E-state index in [1.165, 1.54) is 0 Å². The Balaban J connectivity index is 2.36. The standard InChI is InChI=1S/C7H11N3S2/c1-10(3-7(8)11)2-6-4-12-5-9-6/h4-5H,2-3H2,1H3,(H2,8,11). The highest BCUT2D eigenvalue weighted by Crippen LogP contribution is 2.03. The van der Waals surface area contributed by atoms with Crippen molar-refractivity contribution in [1.82, 2.24) is 9.88 Å². The topological polar surface area (TPSA) is 42.1 Å². The van der Waals surface area contributed by atoms with Gasteiger partial charge in [0.25, 0.3) is 0 Å². The second-order valence-corrected chi connectivity index (χ2v) is 3.86. The first-order chi connectivity index (χ1) is 5.68. The molecule has 0 unspecified atom stereocenters. The lowest BCUT2D eigenvalue weighted by atomic mass is 10.4. The van der Waals surface area contributed by atoms with Crippen molar-refractivity contribution in [2.45, 2.75) is 6.54 Å². The van der Waals surface area contributed by atoms with Gasteiger partial charge in [0.15, 0.2) is 0 Å². The van der Waals surface area contributed by atoms with Crippen molar-refractivity contribution in [3.63, 3.8) is 0 Å². The number of rotatable bonds is 4. The maximum absolute atomic E-state index is 5.39. The van der Waals surface area contributed by atoms with E-state index in [4.69, 9.17) is 18.0 Å². The number of hydrogen-bond acceptors (Lipinski definition) is 4. The number of hydrogen-bond donors (Lipinski definition) is 1. The monoisotopic (exact) mass is 201 g/mol. The third kappa shape index (κ3) is 3.25. The van der Waals surface area contributed by atoms with Crippen LogP contribution in [0.5, 0.6) is 0 Å². The molecule has 0 aliphatic rings. The second kappa shape index (κ2) is 4.49. The van der Waals surface area contributed by atoms with Crippen molar-refractivity contribution in [3.05, 3.63) is 16.6 Å². The molecule has 1 rings (SSSR count). The van der Waals surface area contributed by atoms with Crippen LogP contribution in [0.3, 0.4) is 0 Å². The average molecular weight is 201 g/mol. The van der Waals surface area contributed by atoms with E-state index in [-0.39, 0.29) is 0 Å². The van der Waals surface area contributed by atoms with Crippen LogP contribution in [0.25, 0.3) is 0 Å². The molecule has 12 heavy (non-hydrogen) atoms. The van der Waals surface area contributed by atoms with Crippen molar-refractivity contribution < 1.29 is 0 Å². The quantitative estimate of drug-likeness (QED) is 0.734. The highest BCUT2D eigenvalue weighted by Gasteiger charge is 2.01. The van der Waals surface area contributed by atoms with Gasteiger partial charge in [-0.05, 0) is 7.05 Å². The molecule has 0 fully saturated rings.